The molecule has 0 aliphatic heterocycles. The van der Waals surface area contributed by atoms with Crippen molar-refractivity contribution in [3.63, 3.8) is 0 Å². The van der Waals surface area contributed by atoms with Crippen molar-refractivity contribution in [2.45, 2.75) is 12.7 Å². The van der Waals surface area contributed by atoms with Crippen molar-refractivity contribution in [3.8, 4) is 11.4 Å². The van der Waals surface area contributed by atoms with E-state index in [0.717, 1.165) is 4.57 Å². The molecule has 0 radical (unpaired) electrons. The lowest BCUT2D eigenvalue weighted by Gasteiger charge is -2.10. The van der Waals surface area contributed by atoms with Crippen LogP contribution in [-0.4, -0.2) is 25.4 Å². The van der Waals surface area contributed by atoms with Gasteiger partial charge >= 0.3 is 6.18 Å². The highest BCUT2D eigenvalue weighted by molar-refractivity contribution is 7.14. The van der Waals surface area contributed by atoms with Crippen LogP contribution in [0.4, 0.5) is 18.3 Å². The number of benzene rings is 1. The number of fused-ring (bicyclic) bond motifs is 1. The molecule has 6 nitrogen and oxygen atoms in total. The Morgan fingerprint density at radius 1 is 1.07 bits per heavy atom. The number of aromatic nitrogens is 4. The van der Waals surface area contributed by atoms with E-state index in [0.29, 0.717) is 11.4 Å². The Bertz CT molecular complexity index is 1140. The van der Waals surface area contributed by atoms with Gasteiger partial charge in [0.25, 0.3) is 0 Å². The van der Waals surface area contributed by atoms with E-state index in [2.05, 4.69) is 20.3 Å². The zero-order valence-corrected chi connectivity index (χ0v) is 15.0. The maximum atomic E-state index is 13.3. The third-order valence-electron chi connectivity index (χ3n) is 3.89. The van der Waals surface area contributed by atoms with Crippen LogP contribution in [0.15, 0.2) is 54.0 Å². The lowest BCUT2D eigenvalue weighted by atomic mass is 10.3. The third kappa shape index (κ3) is 3.58. The first-order valence-corrected chi connectivity index (χ1v) is 8.99. The Hall–Kier alpha value is -3.27. The molecule has 0 saturated heterocycles. The Labute approximate surface area is 160 Å². The van der Waals surface area contributed by atoms with Crippen molar-refractivity contribution >= 4 is 33.4 Å². The Balaban J connectivity index is 1.57. The Morgan fingerprint density at radius 2 is 1.86 bits per heavy atom. The molecule has 10 heteroatoms. The number of pyridine rings is 1. The van der Waals surface area contributed by atoms with Crippen LogP contribution in [0.3, 0.4) is 0 Å². The number of carbonyl (C=O) groups excluding carboxylic acids is 1. The van der Waals surface area contributed by atoms with Gasteiger partial charge in [0, 0.05) is 11.6 Å². The average molecular weight is 403 g/mol. The molecule has 1 N–H and O–H groups in total. The first kappa shape index (κ1) is 18.1. The Morgan fingerprint density at radius 3 is 2.61 bits per heavy atom. The predicted octanol–water partition coefficient (Wildman–Crippen LogP) is 4.21. The molecule has 3 aromatic heterocycles. The standard InChI is InChI=1S/C18H12F3N5OS/c19-18(20,21)16-23-12-6-1-2-7-14(12)26(16)9-15(27)25-17-24-13(10-28-17)11-5-3-4-8-22-11/h1-8,10H,9H2,(H,24,25,27). The fraction of sp³-hybridized carbons (Fsp3) is 0.111. The van der Waals surface area contributed by atoms with E-state index < -0.39 is 24.5 Å². The van der Waals surface area contributed by atoms with Crippen LogP contribution in [-0.2, 0) is 17.5 Å². The van der Waals surface area contributed by atoms with Gasteiger partial charge in [0.05, 0.1) is 16.7 Å². The van der Waals surface area contributed by atoms with E-state index in [-0.39, 0.29) is 16.2 Å². The van der Waals surface area contributed by atoms with Crippen LogP contribution in [0.1, 0.15) is 5.82 Å². The van der Waals surface area contributed by atoms with Gasteiger partial charge in [-0.2, -0.15) is 13.2 Å². The second kappa shape index (κ2) is 7.04. The summed E-state index contributed by atoms with van der Waals surface area (Å²) in [5.41, 5.74) is 1.62. The summed E-state index contributed by atoms with van der Waals surface area (Å²) in [4.78, 5) is 24.4. The highest BCUT2D eigenvalue weighted by Gasteiger charge is 2.38. The fourth-order valence-corrected chi connectivity index (χ4v) is 3.44. The number of alkyl halides is 3. The quantitative estimate of drug-likeness (QED) is 0.554. The van der Waals surface area contributed by atoms with E-state index in [1.54, 1.807) is 35.8 Å². The topological polar surface area (TPSA) is 72.7 Å². The fourth-order valence-electron chi connectivity index (χ4n) is 2.72. The van der Waals surface area contributed by atoms with Gasteiger partial charge in [0.1, 0.15) is 12.2 Å². The maximum Gasteiger partial charge on any atom is 0.449 e. The lowest BCUT2D eigenvalue weighted by Crippen LogP contribution is -2.23. The minimum atomic E-state index is -4.67. The molecular formula is C18H12F3N5OS. The molecule has 1 aromatic carbocycles. The molecule has 142 valence electrons. The highest BCUT2D eigenvalue weighted by Crippen LogP contribution is 2.31. The van der Waals surface area contributed by atoms with Crippen molar-refractivity contribution in [1.82, 2.24) is 19.5 Å². The van der Waals surface area contributed by atoms with Crippen LogP contribution in [0.25, 0.3) is 22.4 Å². The zero-order valence-electron chi connectivity index (χ0n) is 14.1. The van der Waals surface area contributed by atoms with Gasteiger partial charge < -0.3 is 9.88 Å². The highest BCUT2D eigenvalue weighted by atomic mass is 32.1. The number of halogens is 3. The van der Waals surface area contributed by atoms with Crippen molar-refractivity contribution in [2.24, 2.45) is 0 Å². The first-order valence-electron chi connectivity index (χ1n) is 8.11. The smallest absolute Gasteiger partial charge is 0.311 e. The van der Waals surface area contributed by atoms with Crippen LogP contribution in [0.5, 0.6) is 0 Å². The number of carbonyl (C=O) groups is 1. The average Bonchev–Trinajstić information content (AvgIpc) is 3.27. The largest absolute Gasteiger partial charge is 0.449 e. The summed E-state index contributed by atoms with van der Waals surface area (Å²) in [5.74, 6) is -1.74. The number of para-hydroxylation sites is 2. The summed E-state index contributed by atoms with van der Waals surface area (Å²) in [6, 6.07) is 11.5. The number of thiazole rings is 1. The lowest BCUT2D eigenvalue weighted by molar-refractivity contribution is -0.147. The van der Waals surface area contributed by atoms with Crippen molar-refractivity contribution in [2.75, 3.05) is 5.32 Å². The summed E-state index contributed by atoms with van der Waals surface area (Å²) in [5, 5.41) is 4.53. The number of nitrogens with zero attached hydrogens (tertiary/aromatic N) is 4. The molecule has 0 aliphatic rings. The molecular weight excluding hydrogens is 391 g/mol. The zero-order chi connectivity index (χ0) is 19.7. The number of hydrogen-bond donors (Lipinski definition) is 1. The SMILES string of the molecule is O=C(Cn1c(C(F)(F)F)nc2ccccc21)Nc1nc(-c2ccccn2)cs1. The molecule has 0 saturated carbocycles. The van der Waals surface area contributed by atoms with E-state index in [1.165, 1.54) is 23.5 Å². The summed E-state index contributed by atoms with van der Waals surface area (Å²) in [7, 11) is 0. The molecule has 0 atom stereocenters. The van der Waals surface area contributed by atoms with Crippen LogP contribution in [0, 0.1) is 0 Å². The minimum Gasteiger partial charge on any atom is -0.311 e. The molecule has 4 rings (SSSR count). The minimum absolute atomic E-state index is 0.175. The van der Waals surface area contributed by atoms with Gasteiger partial charge in [-0.1, -0.05) is 18.2 Å². The molecule has 4 aromatic rings. The summed E-state index contributed by atoms with van der Waals surface area (Å²) in [6.45, 7) is -0.534. The number of hydrogen-bond acceptors (Lipinski definition) is 5. The second-order valence-corrected chi connectivity index (χ2v) is 6.67. The van der Waals surface area contributed by atoms with Crippen LogP contribution in [0.2, 0.25) is 0 Å². The predicted molar refractivity (Wildman–Crippen MR) is 98.7 cm³/mol. The van der Waals surface area contributed by atoms with Gasteiger partial charge in [-0.15, -0.1) is 11.3 Å². The Kier molecular flexibility index (Phi) is 4.55. The molecule has 28 heavy (non-hydrogen) atoms. The van der Waals surface area contributed by atoms with Crippen molar-refractivity contribution in [3.05, 3.63) is 59.9 Å². The summed E-state index contributed by atoms with van der Waals surface area (Å²) < 4.78 is 40.8. The van der Waals surface area contributed by atoms with Gasteiger partial charge in [0.2, 0.25) is 11.7 Å². The number of anilines is 1. The summed E-state index contributed by atoms with van der Waals surface area (Å²) in [6.07, 6.45) is -3.05. The first-order chi connectivity index (χ1) is 13.4. The molecule has 0 fully saturated rings. The van der Waals surface area contributed by atoms with Gasteiger partial charge in [-0.3, -0.25) is 9.78 Å². The molecule has 0 aliphatic carbocycles. The van der Waals surface area contributed by atoms with E-state index in [4.69, 9.17) is 0 Å². The summed E-state index contributed by atoms with van der Waals surface area (Å²) >= 11 is 1.17. The molecule has 0 unspecified atom stereocenters. The van der Waals surface area contributed by atoms with Crippen molar-refractivity contribution < 1.29 is 18.0 Å². The third-order valence-corrected chi connectivity index (χ3v) is 4.65. The van der Waals surface area contributed by atoms with Gasteiger partial charge in [-0.25, -0.2) is 9.97 Å². The number of imidazole rings is 1. The number of rotatable bonds is 4. The van der Waals surface area contributed by atoms with Crippen LogP contribution >= 0.6 is 11.3 Å². The van der Waals surface area contributed by atoms with E-state index in [9.17, 15) is 18.0 Å². The molecule has 1 amide bonds. The second-order valence-electron chi connectivity index (χ2n) is 5.81. The molecule has 3 heterocycles. The van der Waals surface area contributed by atoms with Crippen molar-refractivity contribution in [1.29, 1.82) is 0 Å². The maximum absolute atomic E-state index is 13.3. The number of nitrogens with one attached hydrogen (secondary N) is 1. The number of amides is 1. The monoisotopic (exact) mass is 403 g/mol. The molecule has 0 spiro atoms. The normalized spacial score (nSPS) is 11.7. The van der Waals surface area contributed by atoms with Gasteiger partial charge in [0.15, 0.2) is 5.13 Å². The molecule has 0 bridgehead atoms. The van der Waals surface area contributed by atoms with Crippen LogP contribution < -0.4 is 5.32 Å². The van der Waals surface area contributed by atoms with E-state index >= 15 is 0 Å². The van der Waals surface area contributed by atoms with Gasteiger partial charge in [-0.05, 0) is 24.3 Å². The van der Waals surface area contributed by atoms with E-state index in [1.807, 2.05) is 6.07 Å².